The smallest absolute Gasteiger partial charge is 0.349 e. The third-order valence-corrected chi connectivity index (χ3v) is 5.13. The number of rotatable bonds is 3. The molecule has 136 valence electrons. The molecule has 0 spiro atoms. The topological polar surface area (TPSA) is 80.6 Å². The number of hydrogen-bond donors (Lipinski definition) is 2. The van der Waals surface area contributed by atoms with Crippen molar-refractivity contribution < 1.29 is 13.9 Å². The Kier molecular flexibility index (Phi) is 4.51. The first kappa shape index (κ1) is 16.8. The Morgan fingerprint density at radius 1 is 1.27 bits per heavy atom. The molecule has 2 aliphatic heterocycles. The highest BCUT2D eigenvalue weighted by Gasteiger charge is 2.24. The van der Waals surface area contributed by atoms with Crippen LogP contribution in [0.1, 0.15) is 46.0 Å². The minimum atomic E-state index is -0.570. The summed E-state index contributed by atoms with van der Waals surface area (Å²) in [7, 11) is 0. The van der Waals surface area contributed by atoms with Gasteiger partial charge in [-0.05, 0) is 56.6 Å². The van der Waals surface area contributed by atoms with Crippen LogP contribution in [0.2, 0.25) is 0 Å². The molecule has 1 amide bonds. The Bertz CT molecular complexity index is 897. The predicted molar refractivity (Wildman–Crippen MR) is 98.2 cm³/mol. The van der Waals surface area contributed by atoms with E-state index >= 15 is 0 Å². The molecule has 1 aromatic carbocycles. The second kappa shape index (κ2) is 6.96. The summed E-state index contributed by atoms with van der Waals surface area (Å²) in [6.07, 6.45) is 2.61. The molecule has 1 saturated heterocycles. The minimum absolute atomic E-state index is 0.0687. The van der Waals surface area contributed by atoms with E-state index in [4.69, 9.17) is 9.15 Å². The van der Waals surface area contributed by atoms with Crippen LogP contribution in [-0.2, 0) is 6.42 Å². The molecular weight excluding hydrogens is 332 g/mol. The van der Waals surface area contributed by atoms with E-state index in [-0.39, 0.29) is 11.5 Å². The van der Waals surface area contributed by atoms with Crippen LogP contribution in [0, 0.1) is 6.92 Å². The van der Waals surface area contributed by atoms with Gasteiger partial charge in [-0.3, -0.25) is 4.79 Å². The maximum Gasteiger partial charge on any atom is 0.349 e. The first-order valence-electron chi connectivity index (χ1n) is 9.05. The molecule has 2 aromatic rings. The van der Waals surface area contributed by atoms with Crippen LogP contribution >= 0.6 is 0 Å². The Morgan fingerprint density at radius 2 is 2.08 bits per heavy atom. The Morgan fingerprint density at radius 3 is 2.85 bits per heavy atom. The van der Waals surface area contributed by atoms with Gasteiger partial charge < -0.3 is 19.8 Å². The van der Waals surface area contributed by atoms with Crippen molar-refractivity contribution in [3.05, 3.63) is 57.1 Å². The summed E-state index contributed by atoms with van der Waals surface area (Å²) in [6, 6.07) is 7.37. The molecule has 0 atom stereocenters. The molecule has 4 rings (SSSR count). The first-order valence-corrected chi connectivity index (χ1v) is 9.05. The summed E-state index contributed by atoms with van der Waals surface area (Å²) in [5, 5.41) is 6.15. The van der Waals surface area contributed by atoms with Gasteiger partial charge in [0.15, 0.2) is 0 Å². The van der Waals surface area contributed by atoms with Gasteiger partial charge >= 0.3 is 5.63 Å². The first-order chi connectivity index (χ1) is 12.6. The maximum atomic E-state index is 12.7. The highest BCUT2D eigenvalue weighted by Crippen LogP contribution is 2.32. The lowest BCUT2D eigenvalue weighted by Gasteiger charge is -2.22. The quantitative estimate of drug-likeness (QED) is 0.886. The van der Waals surface area contributed by atoms with E-state index in [2.05, 4.69) is 10.6 Å². The normalized spacial score (nSPS) is 16.8. The zero-order valence-electron chi connectivity index (χ0n) is 14.8. The highest BCUT2D eigenvalue weighted by molar-refractivity contribution is 6.05. The van der Waals surface area contributed by atoms with Gasteiger partial charge in [-0.25, -0.2) is 4.79 Å². The van der Waals surface area contributed by atoms with Gasteiger partial charge in [-0.1, -0.05) is 6.07 Å². The van der Waals surface area contributed by atoms with E-state index in [9.17, 15) is 9.59 Å². The fourth-order valence-electron chi connectivity index (χ4n) is 3.74. The van der Waals surface area contributed by atoms with Crippen molar-refractivity contribution >= 4 is 11.6 Å². The molecule has 0 aliphatic carbocycles. The summed E-state index contributed by atoms with van der Waals surface area (Å²) in [6.45, 7) is 4.22. The molecule has 6 heteroatoms. The van der Waals surface area contributed by atoms with Gasteiger partial charge in [-0.2, -0.15) is 0 Å². The second-order valence-electron chi connectivity index (χ2n) is 6.85. The average molecular weight is 354 g/mol. The summed E-state index contributed by atoms with van der Waals surface area (Å²) < 4.78 is 11.0. The van der Waals surface area contributed by atoms with Crippen LogP contribution in [0.3, 0.4) is 0 Å². The van der Waals surface area contributed by atoms with E-state index in [0.717, 1.165) is 43.7 Å². The Balaban J connectivity index is 1.60. The van der Waals surface area contributed by atoms with Crippen molar-refractivity contribution in [3.8, 4) is 5.75 Å². The van der Waals surface area contributed by atoms with Gasteiger partial charge in [0.1, 0.15) is 17.1 Å². The molecule has 6 nitrogen and oxygen atoms in total. The predicted octanol–water partition coefficient (Wildman–Crippen LogP) is 2.60. The van der Waals surface area contributed by atoms with Gasteiger partial charge in [0, 0.05) is 23.6 Å². The molecule has 0 bridgehead atoms. The summed E-state index contributed by atoms with van der Waals surface area (Å²) >= 11 is 0. The summed E-state index contributed by atoms with van der Waals surface area (Å²) in [5.74, 6) is 1.26. The van der Waals surface area contributed by atoms with Gasteiger partial charge in [0.25, 0.3) is 5.91 Å². The fraction of sp³-hybridized carbons (Fsp3) is 0.400. The van der Waals surface area contributed by atoms with Crippen LogP contribution in [0.4, 0.5) is 5.69 Å². The lowest BCUT2D eigenvalue weighted by molar-refractivity contribution is 0.102. The molecule has 0 unspecified atom stereocenters. The lowest BCUT2D eigenvalue weighted by atomic mass is 9.94. The van der Waals surface area contributed by atoms with Crippen molar-refractivity contribution in [1.29, 1.82) is 0 Å². The van der Waals surface area contributed by atoms with Crippen LogP contribution in [0.5, 0.6) is 5.75 Å². The number of nitrogens with one attached hydrogen (secondary N) is 2. The third kappa shape index (κ3) is 3.12. The van der Waals surface area contributed by atoms with E-state index in [1.165, 1.54) is 0 Å². The number of aryl methyl sites for hydroxylation is 1. The lowest BCUT2D eigenvalue weighted by Crippen LogP contribution is -2.28. The van der Waals surface area contributed by atoms with Gasteiger partial charge in [0.05, 0.1) is 6.61 Å². The van der Waals surface area contributed by atoms with Crippen LogP contribution in [-0.4, -0.2) is 25.6 Å². The number of piperidine rings is 1. The molecule has 1 aromatic heterocycles. The number of carbonyl (C=O) groups excluding carboxylic acids is 1. The van der Waals surface area contributed by atoms with Crippen LogP contribution < -0.4 is 21.0 Å². The number of anilines is 1. The molecule has 2 aliphatic rings. The van der Waals surface area contributed by atoms with E-state index in [0.29, 0.717) is 23.6 Å². The zero-order valence-corrected chi connectivity index (χ0v) is 14.8. The standard InChI is InChI=1S/C20H22N2O4/c1-12-11-17(13-5-8-21-9-6-13)26-20(24)18(12)19(23)22-15-3-2-4-16-14(15)7-10-25-16/h2-4,11,13,21H,5-10H2,1H3,(H,22,23). The number of ether oxygens (including phenoxy) is 1. The van der Waals surface area contributed by atoms with Crippen LogP contribution in [0.25, 0.3) is 0 Å². The van der Waals surface area contributed by atoms with Crippen molar-refractivity contribution in [1.82, 2.24) is 5.32 Å². The number of hydrogen-bond acceptors (Lipinski definition) is 5. The van der Waals surface area contributed by atoms with Gasteiger partial charge in [0.2, 0.25) is 0 Å². The Hall–Kier alpha value is -2.60. The minimum Gasteiger partial charge on any atom is -0.493 e. The molecule has 0 radical (unpaired) electrons. The average Bonchev–Trinajstić information content (AvgIpc) is 3.11. The molecular formula is C20H22N2O4. The molecule has 1 fully saturated rings. The Labute approximate surface area is 151 Å². The van der Waals surface area contributed by atoms with Crippen molar-refractivity contribution in [3.63, 3.8) is 0 Å². The highest BCUT2D eigenvalue weighted by atomic mass is 16.5. The molecule has 0 saturated carbocycles. The third-order valence-electron chi connectivity index (χ3n) is 5.13. The fourth-order valence-corrected chi connectivity index (χ4v) is 3.74. The largest absolute Gasteiger partial charge is 0.493 e. The monoisotopic (exact) mass is 354 g/mol. The van der Waals surface area contributed by atoms with Crippen molar-refractivity contribution in [2.75, 3.05) is 25.0 Å². The van der Waals surface area contributed by atoms with E-state index in [1.54, 1.807) is 6.92 Å². The number of benzene rings is 1. The molecule has 3 heterocycles. The summed E-state index contributed by atoms with van der Waals surface area (Å²) in [5.41, 5.74) is 1.80. The van der Waals surface area contributed by atoms with E-state index in [1.807, 2.05) is 24.3 Å². The maximum absolute atomic E-state index is 12.7. The second-order valence-corrected chi connectivity index (χ2v) is 6.85. The summed E-state index contributed by atoms with van der Waals surface area (Å²) in [4.78, 5) is 25.2. The zero-order chi connectivity index (χ0) is 18.1. The number of fused-ring (bicyclic) bond motifs is 1. The van der Waals surface area contributed by atoms with Gasteiger partial charge in [-0.15, -0.1) is 0 Å². The van der Waals surface area contributed by atoms with E-state index < -0.39 is 11.5 Å². The SMILES string of the molecule is Cc1cc(C2CCNCC2)oc(=O)c1C(=O)Nc1cccc2c1CCO2. The number of carbonyl (C=O) groups is 1. The number of amides is 1. The van der Waals surface area contributed by atoms with Crippen LogP contribution in [0.15, 0.2) is 33.5 Å². The van der Waals surface area contributed by atoms with Crippen molar-refractivity contribution in [2.24, 2.45) is 0 Å². The molecule has 2 N–H and O–H groups in total. The molecule has 26 heavy (non-hydrogen) atoms. The van der Waals surface area contributed by atoms with Crippen molar-refractivity contribution in [2.45, 2.75) is 32.1 Å².